The van der Waals surface area contributed by atoms with E-state index in [0.29, 0.717) is 22.1 Å². The topological polar surface area (TPSA) is 51.4 Å². The molecule has 0 spiro atoms. The summed E-state index contributed by atoms with van der Waals surface area (Å²) in [5.74, 6) is 0. The lowest BCUT2D eigenvalue weighted by Gasteiger charge is -2.12. The third-order valence-corrected chi connectivity index (χ3v) is 5.63. The Morgan fingerprint density at radius 2 is 2.00 bits per heavy atom. The van der Waals surface area contributed by atoms with Crippen LogP contribution in [0.2, 0.25) is 0 Å². The van der Waals surface area contributed by atoms with E-state index in [-0.39, 0.29) is 4.90 Å². The van der Waals surface area contributed by atoms with E-state index in [0.717, 1.165) is 18.4 Å². The fourth-order valence-electron chi connectivity index (χ4n) is 2.79. The van der Waals surface area contributed by atoms with Crippen molar-refractivity contribution >= 4 is 38.6 Å². The number of fused-ring (bicyclic) bond motifs is 1. The van der Waals surface area contributed by atoms with Gasteiger partial charge >= 0.3 is 0 Å². The quantitative estimate of drug-likeness (QED) is 0.763. The summed E-state index contributed by atoms with van der Waals surface area (Å²) < 4.78 is 27.3. The van der Waals surface area contributed by atoms with Crippen molar-refractivity contribution in [2.75, 3.05) is 0 Å². The average molecular weight is 361 g/mol. The number of allylic oxidation sites excluding steroid dienone is 1. The second-order valence-corrected chi connectivity index (χ2v) is 7.88. The maximum Gasteiger partial charge on any atom is 0.268 e. The molecule has 1 aromatic carbocycles. The highest BCUT2D eigenvalue weighted by molar-refractivity contribution is 7.90. The molecule has 1 aromatic heterocycles. The van der Waals surface area contributed by atoms with Gasteiger partial charge in [0.05, 0.1) is 16.3 Å². The number of hydrogen-bond donors (Lipinski definition) is 0. The van der Waals surface area contributed by atoms with Crippen LogP contribution in [0.5, 0.6) is 0 Å². The van der Waals surface area contributed by atoms with Crippen molar-refractivity contribution < 1.29 is 8.42 Å². The SMILES string of the molecule is C=C(N=C(C)Cl)c1cn(S(=O)(=O)c2ccccc2)c2c1CCC=C2. The van der Waals surface area contributed by atoms with Gasteiger partial charge in [0.25, 0.3) is 10.0 Å². The van der Waals surface area contributed by atoms with Gasteiger partial charge < -0.3 is 0 Å². The van der Waals surface area contributed by atoms with Gasteiger partial charge in [-0.05, 0) is 43.5 Å². The van der Waals surface area contributed by atoms with Crippen molar-refractivity contribution in [3.63, 3.8) is 0 Å². The molecule has 0 saturated heterocycles. The first-order valence-corrected chi connectivity index (χ1v) is 9.34. The number of nitrogens with zero attached hydrogens (tertiary/aromatic N) is 2. The van der Waals surface area contributed by atoms with Crippen LogP contribution >= 0.6 is 11.6 Å². The molecule has 2 aromatic rings. The van der Waals surface area contributed by atoms with Crippen LogP contribution in [0.25, 0.3) is 11.8 Å². The maximum absolute atomic E-state index is 13.0. The molecule has 4 nitrogen and oxygen atoms in total. The highest BCUT2D eigenvalue weighted by Gasteiger charge is 2.25. The fourth-order valence-corrected chi connectivity index (χ4v) is 4.30. The van der Waals surface area contributed by atoms with Crippen LogP contribution in [0, 0.1) is 0 Å². The van der Waals surface area contributed by atoms with Gasteiger partial charge in [0.2, 0.25) is 0 Å². The minimum atomic E-state index is -3.68. The second-order valence-electron chi connectivity index (χ2n) is 5.52. The Morgan fingerprint density at radius 3 is 2.67 bits per heavy atom. The molecule has 0 bridgehead atoms. The van der Waals surface area contributed by atoms with E-state index in [1.54, 1.807) is 43.5 Å². The molecule has 0 N–H and O–H groups in total. The highest BCUT2D eigenvalue weighted by Crippen LogP contribution is 2.32. The van der Waals surface area contributed by atoms with Gasteiger partial charge in [0, 0.05) is 11.8 Å². The monoisotopic (exact) mass is 360 g/mol. The lowest BCUT2D eigenvalue weighted by atomic mass is 9.99. The minimum absolute atomic E-state index is 0.246. The van der Waals surface area contributed by atoms with E-state index in [9.17, 15) is 8.42 Å². The fraction of sp³-hybridized carbons (Fsp3) is 0.167. The average Bonchev–Trinajstić information content (AvgIpc) is 2.95. The third kappa shape index (κ3) is 2.97. The maximum atomic E-state index is 13.0. The van der Waals surface area contributed by atoms with E-state index < -0.39 is 10.0 Å². The van der Waals surface area contributed by atoms with Crippen LogP contribution < -0.4 is 0 Å². The molecule has 0 amide bonds. The van der Waals surface area contributed by atoms with Crippen molar-refractivity contribution in [1.29, 1.82) is 0 Å². The summed E-state index contributed by atoms with van der Waals surface area (Å²) >= 11 is 5.85. The molecule has 0 atom stereocenters. The molecule has 3 rings (SSSR count). The number of benzene rings is 1. The molecule has 0 radical (unpaired) electrons. The Hall–Kier alpha value is -2.11. The van der Waals surface area contributed by atoms with Gasteiger partial charge in [-0.15, -0.1) is 0 Å². The summed E-state index contributed by atoms with van der Waals surface area (Å²) in [5.41, 5.74) is 2.78. The summed E-state index contributed by atoms with van der Waals surface area (Å²) in [6.07, 6.45) is 7.00. The molecule has 1 aliphatic carbocycles. The zero-order valence-electron chi connectivity index (χ0n) is 13.2. The van der Waals surface area contributed by atoms with Gasteiger partial charge in [-0.2, -0.15) is 0 Å². The van der Waals surface area contributed by atoms with Crippen LogP contribution in [0.3, 0.4) is 0 Å². The van der Waals surface area contributed by atoms with E-state index in [1.165, 1.54) is 3.97 Å². The molecule has 124 valence electrons. The van der Waals surface area contributed by atoms with Crippen molar-refractivity contribution in [3.8, 4) is 0 Å². The zero-order valence-corrected chi connectivity index (χ0v) is 14.8. The van der Waals surface area contributed by atoms with Crippen LogP contribution in [0.15, 0.2) is 59.1 Å². The van der Waals surface area contributed by atoms with Crippen LogP contribution in [-0.4, -0.2) is 17.6 Å². The Bertz CT molecular complexity index is 950. The Morgan fingerprint density at radius 1 is 1.29 bits per heavy atom. The summed E-state index contributed by atoms with van der Waals surface area (Å²) in [7, 11) is -3.68. The van der Waals surface area contributed by atoms with E-state index in [2.05, 4.69) is 11.6 Å². The summed E-state index contributed by atoms with van der Waals surface area (Å²) in [6.45, 7) is 5.60. The molecule has 1 heterocycles. The highest BCUT2D eigenvalue weighted by atomic mass is 35.5. The van der Waals surface area contributed by atoms with Crippen molar-refractivity contribution in [2.45, 2.75) is 24.7 Å². The zero-order chi connectivity index (χ0) is 17.3. The predicted molar refractivity (Wildman–Crippen MR) is 98.8 cm³/mol. The van der Waals surface area contributed by atoms with Crippen molar-refractivity contribution in [1.82, 2.24) is 3.97 Å². The summed E-state index contributed by atoms with van der Waals surface area (Å²) in [5, 5.41) is 0.360. The number of aromatic nitrogens is 1. The molecule has 1 aliphatic rings. The molecule has 0 aliphatic heterocycles. The first-order valence-electron chi connectivity index (χ1n) is 7.52. The molecule has 6 heteroatoms. The van der Waals surface area contributed by atoms with Crippen LogP contribution in [0.1, 0.15) is 30.2 Å². The first-order chi connectivity index (χ1) is 11.4. The van der Waals surface area contributed by atoms with E-state index in [4.69, 9.17) is 11.6 Å². The number of hydrogen-bond acceptors (Lipinski definition) is 3. The number of halogens is 1. The Labute approximate surface area is 146 Å². The van der Waals surface area contributed by atoms with E-state index >= 15 is 0 Å². The molecule has 0 unspecified atom stereocenters. The van der Waals surface area contributed by atoms with Gasteiger partial charge in [0.15, 0.2) is 0 Å². The van der Waals surface area contributed by atoms with Crippen molar-refractivity contribution in [3.05, 3.63) is 66.0 Å². The Kier molecular flexibility index (Phi) is 4.47. The molecular formula is C18H17ClN2O2S. The lowest BCUT2D eigenvalue weighted by molar-refractivity contribution is 0.587. The number of rotatable bonds is 4. The normalized spacial score (nSPS) is 14.5. The standard InChI is InChI=1S/C18H17ClN2O2S/c1-13(20-14(2)19)17-12-21(18-11-7-6-10-16(17)18)24(22,23)15-8-4-3-5-9-15/h3-5,7-9,11-12H,1,6,10H2,2H3. The smallest absolute Gasteiger partial charge is 0.241 e. The minimum Gasteiger partial charge on any atom is -0.241 e. The van der Waals surface area contributed by atoms with Gasteiger partial charge in [-0.3, -0.25) is 0 Å². The second kappa shape index (κ2) is 6.42. The third-order valence-electron chi connectivity index (χ3n) is 3.85. The van der Waals surface area contributed by atoms with Crippen molar-refractivity contribution in [2.24, 2.45) is 4.99 Å². The first kappa shape index (κ1) is 16.7. The summed E-state index contributed by atoms with van der Waals surface area (Å²) in [6, 6.07) is 8.38. The molecule has 0 saturated carbocycles. The van der Waals surface area contributed by atoms with Crippen LogP contribution in [0.4, 0.5) is 0 Å². The molecular weight excluding hydrogens is 344 g/mol. The van der Waals surface area contributed by atoms with Gasteiger partial charge in [0.1, 0.15) is 5.17 Å². The number of aliphatic imine (C=N–C) groups is 1. The lowest BCUT2D eigenvalue weighted by Crippen LogP contribution is -2.14. The predicted octanol–water partition coefficient (Wildman–Crippen LogP) is 4.31. The Balaban J connectivity index is 2.21. The largest absolute Gasteiger partial charge is 0.268 e. The van der Waals surface area contributed by atoms with Gasteiger partial charge in [-0.25, -0.2) is 17.4 Å². The molecule has 0 fully saturated rings. The molecule has 24 heavy (non-hydrogen) atoms. The van der Waals surface area contributed by atoms with Gasteiger partial charge in [-0.1, -0.05) is 42.5 Å². The summed E-state index contributed by atoms with van der Waals surface area (Å²) in [4.78, 5) is 4.43. The van der Waals surface area contributed by atoms with E-state index in [1.807, 2.05) is 12.2 Å². The van der Waals surface area contributed by atoms with Crippen LogP contribution in [-0.2, 0) is 16.4 Å².